The summed E-state index contributed by atoms with van der Waals surface area (Å²) in [6.07, 6.45) is 11.6. The molecule has 0 aromatic carbocycles. The third-order valence-electron chi connectivity index (χ3n) is 5.08. The zero-order chi connectivity index (χ0) is 10.9. The lowest BCUT2D eigenvalue weighted by molar-refractivity contribution is 0.128. The van der Waals surface area contributed by atoms with E-state index in [1.807, 2.05) is 0 Å². The fraction of sp³-hybridized carbons (Fsp3) is 0.867. The van der Waals surface area contributed by atoms with Crippen molar-refractivity contribution in [2.24, 2.45) is 11.3 Å². The normalized spacial score (nSPS) is 31.8. The van der Waals surface area contributed by atoms with Crippen molar-refractivity contribution in [3.63, 3.8) is 0 Å². The van der Waals surface area contributed by atoms with Gasteiger partial charge in [-0.25, -0.2) is 0 Å². The highest BCUT2D eigenvalue weighted by atomic mass is 14.4. The molecule has 2 rings (SSSR count). The molecule has 15 heavy (non-hydrogen) atoms. The summed E-state index contributed by atoms with van der Waals surface area (Å²) in [5.74, 6) is 0.909. The lowest BCUT2D eigenvalue weighted by Gasteiger charge is -2.44. The number of allylic oxidation sites excluding steroid dienone is 2. The molecule has 0 radical (unpaired) electrons. The van der Waals surface area contributed by atoms with Crippen LogP contribution in [-0.2, 0) is 0 Å². The Kier molecular flexibility index (Phi) is 3.23. The zero-order valence-electron chi connectivity index (χ0n) is 10.7. The number of hydrogen-bond acceptors (Lipinski definition) is 0. The standard InChI is InChI=1S/C15H26/c1-12-8-7-9-14(13(12)2)15(3)10-5-4-6-11-15/h14H,4-11H2,1-3H3. The first-order chi connectivity index (χ1) is 7.13. The second-order valence-electron chi connectivity index (χ2n) is 6.12. The molecule has 0 bridgehead atoms. The van der Waals surface area contributed by atoms with Gasteiger partial charge in [-0.3, -0.25) is 0 Å². The molecule has 2 aliphatic carbocycles. The molecule has 0 aromatic heterocycles. The first-order valence-electron chi connectivity index (χ1n) is 6.80. The predicted octanol–water partition coefficient (Wildman–Crippen LogP) is 5.09. The van der Waals surface area contributed by atoms with Crippen molar-refractivity contribution in [2.45, 2.75) is 72.1 Å². The average Bonchev–Trinajstić information content (AvgIpc) is 2.23. The molecule has 0 aromatic rings. The minimum Gasteiger partial charge on any atom is -0.0741 e. The molecule has 86 valence electrons. The molecule has 0 saturated heterocycles. The third-order valence-corrected chi connectivity index (χ3v) is 5.08. The van der Waals surface area contributed by atoms with Crippen molar-refractivity contribution in [1.82, 2.24) is 0 Å². The van der Waals surface area contributed by atoms with Crippen molar-refractivity contribution >= 4 is 0 Å². The van der Waals surface area contributed by atoms with Crippen LogP contribution in [0.25, 0.3) is 0 Å². The maximum absolute atomic E-state index is 2.55. The summed E-state index contributed by atoms with van der Waals surface area (Å²) in [5, 5.41) is 0. The van der Waals surface area contributed by atoms with Crippen LogP contribution < -0.4 is 0 Å². The predicted molar refractivity (Wildman–Crippen MR) is 66.9 cm³/mol. The maximum atomic E-state index is 2.55. The molecule has 0 heterocycles. The SMILES string of the molecule is CC1=C(C)C(C2(C)CCCCC2)CCC1. The van der Waals surface area contributed by atoms with E-state index < -0.39 is 0 Å². The minimum absolute atomic E-state index is 0.643. The Bertz CT molecular complexity index is 253. The van der Waals surface area contributed by atoms with Crippen LogP contribution >= 0.6 is 0 Å². The second kappa shape index (κ2) is 4.31. The zero-order valence-corrected chi connectivity index (χ0v) is 10.7. The highest BCUT2D eigenvalue weighted by Gasteiger charge is 2.37. The van der Waals surface area contributed by atoms with Crippen LogP contribution in [0.2, 0.25) is 0 Å². The first kappa shape index (κ1) is 11.2. The highest BCUT2D eigenvalue weighted by molar-refractivity contribution is 5.19. The summed E-state index contributed by atoms with van der Waals surface area (Å²) >= 11 is 0. The molecule has 1 atom stereocenters. The summed E-state index contributed by atoms with van der Waals surface area (Å²) in [4.78, 5) is 0. The van der Waals surface area contributed by atoms with Crippen LogP contribution in [0, 0.1) is 11.3 Å². The average molecular weight is 206 g/mol. The number of hydrogen-bond donors (Lipinski definition) is 0. The summed E-state index contributed by atoms with van der Waals surface area (Å²) in [6.45, 7) is 7.31. The van der Waals surface area contributed by atoms with Gasteiger partial charge in [-0.1, -0.05) is 37.3 Å². The van der Waals surface area contributed by atoms with E-state index in [1.165, 1.54) is 51.4 Å². The van der Waals surface area contributed by atoms with Crippen molar-refractivity contribution in [3.05, 3.63) is 11.1 Å². The van der Waals surface area contributed by atoms with Crippen LogP contribution in [0.15, 0.2) is 11.1 Å². The summed E-state index contributed by atoms with van der Waals surface area (Å²) < 4.78 is 0. The Balaban J connectivity index is 2.18. The molecule has 2 aliphatic rings. The lowest BCUT2D eigenvalue weighted by Crippen LogP contribution is -2.32. The molecule has 0 heteroatoms. The van der Waals surface area contributed by atoms with Gasteiger partial charge in [-0.05, 0) is 57.3 Å². The Hall–Kier alpha value is -0.260. The van der Waals surface area contributed by atoms with Crippen LogP contribution in [-0.4, -0.2) is 0 Å². The van der Waals surface area contributed by atoms with E-state index in [1.54, 1.807) is 11.1 Å². The van der Waals surface area contributed by atoms with Crippen molar-refractivity contribution in [1.29, 1.82) is 0 Å². The van der Waals surface area contributed by atoms with Gasteiger partial charge >= 0.3 is 0 Å². The van der Waals surface area contributed by atoms with Crippen molar-refractivity contribution in [2.75, 3.05) is 0 Å². The molecule has 1 fully saturated rings. The van der Waals surface area contributed by atoms with Gasteiger partial charge in [0.25, 0.3) is 0 Å². The van der Waals surface area contributed by atoms with Gasteiger partial charge in [0.1, 0.15) is 0 Å². The molecule has 0 aliphatic heterocycles. The molecule has 1 saturated carbocycles. The third kappa shape index (κ3) is 2.14. The molecule has 0 nitrogen and oxygen atoms in total. The van der Waals surface area contributed by atoms with E-state index >= 15 is 0 Å². The van der Waals surface area contributed by atoms with Crippen LogP contribution in [0.3, 0.4) is 0 Å². The lowest BCUT2D eigenvalue weighted by atomic mass is 9.61. The molecule has 0 amide bonds. The van der Waals surface area contributed by atoms with Crippen LogP contribution in [0.5, 0.6) is 0 Å². The quantitative estimate of drug-likeness (QED) is 0.524. The molecule has 0 N–H and O–H groups in total. The largest absolute Gasteiger partial charge is 0.0741 e. The second-order valence-corrected chi connectivity index (χ2v) is 6.12. The Labute approximate surface area is 95.1 Å². The Morgan fingerprint density at radius 3 is 2.33 bits per heavy atom. The van der Waals surface area contributed by atoms with Gasteiger partial charge in [0.2, 0.25) is 0 Å². The van der Waals surface area contributed by atoms with E-state index in [0.717, 1.165) is 5.92 Å². The Morgan fingerprint density at radius 1 is 1.00 bits per heavy atom. The topological polar surface area (TPSA) is 0 Å². The fourth-order valence-corrected chi connectivity index (χ4v) is 3.86. The van der Waals surface area contributed by atoms with E-state index in [2.05, 4.69) is 20.8 Å². The maximum Gasteiger partial charge on any atom is -0.0149 e. The van der Waals surface area contributed by atoms with Crippen LogP contribution in [0.1, 0.15) is 72.1 Å². The van der Waals surface area contributed by atoms with Crippen molar-refractivity contribution < 1.29 is 0 Å². The van der Waals surface area contributed by atoms with Crippen LogP contribution in [0.4, 0.5) is 0 Å². The number of rotatable bonds is 1. The van der Waals surface area contributed by atoms with E-state index in [9.17, 15) is 0 Å². The molecule has 0 spiro atoms. The van der Waals surface area contributed by atoms with Crippen molar-refractivity contribution in [3.8, 4) is 0 Å². The Morgan fingerprint density at radius 2 is 1.67 bits per heavy atom. The van der Waals surface area contributed by atoms with Gasteiger partial charge in [0, 0.05) is 0 Å². The molecular weight excluding hydrogens is 180 g/mol. The summed E-state index contributed by atoms with van der Waals surface area (Å²) in [5.41, 5.74) is 4.08. The molecule has 1 unspecified atom stereocenters. The smallest absolute Gasteiger partial charge is 0.0149 e. The summed E-state index contributed by atoms with van der Waals surface area (Å²) in [7, 11) is 0. The van der Waals surface area contributed by atoms with Gasteiger partial charge in [-0.15, -0.1) is 0 Å². The van der Waals surface area contributed by atoms with Gasteiger partial charge < -0.3 is 0 Å². The molecular formula is C15H26. The van der Waals surface area contributed by atoms with Gasteiger partial charge in [-0.2, -0.15) is 0 Å². The first-order valence-corrected chi connectivity index (χ1v) is 6.80. The monoisotopic (exact) mass is 206 g/mol. The fourth-order valence-electron chi connectivity index (χ4n) is 3.86. The summed E-state index contributed by atoms with van der Waals surface area (Å²) in [6, 6.07) is 0. The highest BCUT2D eigenvalue weighted by Crippen LogP contribution is 2.49. The minimum atomic E-state index is 0.643. The van der Waals surface area contributed by atoms with Gasteiger partial charge in [0.05, 0.1) is 0 Å². The van der Waals surface area contributed by atoms with E-state index in [4.69, 9.17) is 0 Å². The van der Waals surface area contributed by atoms with E-state index in [0.29, 0.717) is 5.41 Å². The van der Waals surface area contributed by atoms with Gasteiger partial charge in [0.15, 0.2) is 0 Å². The van der Waals surface area contributed by atoms with E-state index in [-0.39, 0.29) is 0 Å².